The van der Waals surface area contributed by atoms with Crippen molar-refractivity contribution in [2.45, 2.75) is 18.6 Å². The van der Waals surface area contributed by atoms with Crippen molar-refractivity contribution in [1.82, 2.24) is 14.8 Å². The Balaban J connectivity index is 1.73. The van der Waals surface area contributed by atoms with Crippen LogP contribution < -0.4 is 14.8 Å². The highest BCUT2D eigenvalue weighted by Gasteiger charge is 2.17. The Morgan fingerprint density at radius 1 is 1.13 bits per heavy atom. The van der Waals surface area contributed by atoms with E-state index in [1.165, 1.54) is 26.0 Å². The average Bonchev–Trinajstić information content (AvgIpc) is 3.16. The lowest BCUT2D eigenvalue weighted by atomic mass is 10.2. The molecule has 0 spiro atoms. The Morgan fingerprint density at radius 2 is 1.90 bits per heavy atom. The number of thioether (sulfide) groups is 1. The number of carbonyl (C=O) groups is 1. The molecule has 1 aromatic heterocycles. The summed E-state index contributed by atoms with van der Waals surface area (Å²) >= 11 is 13.5. The maximum atomic E-state index is 12.5. The highest BCUT2D eigenvalue weighted by molar-refractivity contribution is 7.99. The van der Waals surface area contributed by atoms with E-state index >= 15 is 0 Å². The molecule has 7 nitrogen and oxygen atoms in total. The molecule has 3 aromatic rings. The minimum atomic E-state index is -0.224. The number of ether oxygens (including phenoxy) is 2. The zero-order chi connectivity index (χ0) is 21.7. The Hall–Kier alpha value is -2.42. The number of nitrogens with zero attached hydrogens (tertiary/aromatic N) is 3. The minimum absolute atomic E-state index is 0.141. The van der Waals surface area contributed by atoms with Gasteiger partial charge < -0.3 is 19.4 Å². The van der Waals surface area contributed by atoms with Crippen molar-refractivity contribution in [1.29, 1.82) is 0 Å². The first-order valence-electron chi connectivity index (χ1n) is 9.00. The predicted octanol–water partition coefficient (Wildman–Crippen LogP) is 5.02. The lowest BCUT2D eigenvalue weighted by molar-refractivity contribution is -0.113. The van der Waals surface area contributed by atoms with Crippen LogP contribution in [0.25, 0.3) is 11.4 Å². The van der Waals surface area contributed by atoms with Crippen LogP contribution in [0.5, 0.6) is 11.5 Å². The minimum Gasteiger partial charge on any atom is -0.495 e. The quantitative estimate of drug-likeness (QED) is 0.469. The van der Waals surface area contributed by atoms with Crippen LogP contribution in [-0.2, 0) is 11.3 Å². The molecule has 1 N–H and O–H groups in total. The SMILES string of the molecule is CCn1c(SCC(=O)Nc2cc(OC)c(Cl)cc2OC)nnc1-c1cccc(Cl)c1. The Labute approximate surface area is 188 Å². The van der Waals surface area contributed by atoms with Crippen molar-refractivity contribution in [3.05, 3.63) is 46.4 Å². The van der Waals surface area contributed by atoms with E-state index < -0.39 is 0 Å². The first-order valence-corrected chi connectivity index (χ1v) is 10.7. The van der Waals surface area contributed by atoms with Crippen LogP contribution in [0.4, 0.5) is 5.69 Å². The molecule has 158 valence electrons. The van der Waals surface area contributed by atoms with Crippen LogP contribution in [0.2, 0.25) is 10.0 Å². The first kappa shape index (κ1) is 22.3. The lowest BCUT2D eigenvalue weighted by Gasteiger charge is -2.13. The molecule has 0 saturated carbocycles. The molecule has 1 amide bonds. The van der Waals surface area contributed by atoms with E-state index in [1.807, 2.05) is 29.7 Å². The van der Waals surface area contributed by atoms with Crippen molar-refractivity contribution >= 4 is 46.6 Å². The maximum absolute atomic E-state index is 12.5. The van der Waals surface area contributed by atoms with Crippen molar-refractivity contribution in [3.8, 4) is 22.9 Å². The van der Waals surface area contributed by atoms with Crippen molar-refractivity contribution in [3.63, 3.8) is 0 Å². The molecule has 30 heavy (non-hydrogen) atoms. The zero-order valence-corrected chi connectivity index (χ0v) is 18.9. The molecule has 0 radical (unpaired) electrons. The van der Waals surface area contributed by atoms with Gasteiger partial charge in [0, 0.05) is 29.3 Å². The molecule has 0 aliphatic heterocycles. The third-order valence-corrected chi connectivity index (χ3v) is 5.69. The van der Waals surface area contributed by atoms with Gasteiger partial charge in [0.05, 0.1) is 30.7 Å². The summed E-state index contributed by atoms with van der Waals surface area (Å²) in [5.41, 5.74) is 1.34. The van der Waals surface area contributed by atoms with E-state index in [-0.39, 0.29) is 11.7 Å². The van der Waals surface area contributed by atoms with Gasteiger partial charge in [-0.15, -0.1) is 10.2 Å². The van der Waals surface area contributed by atoms with Gasteiger partial charge in [-0.05, 0) is 19.1 Å². The van der Waals surface area contributed by atoms with Gasteiger partial charge in [-0.3, -0.25) is 4.79 Å². The first-order chi connectivity index (χ1) is 14.5. The number of amides is 1. The fraction of sp³-hybridized carbons (Fsp3) is 0.250. The number of hydrogen-bond donors (Lipinski definition) is 1. The average molecular weight is 467 g/mol. The van der Waals surface area contributed by atoms with Gasteiger partial charge in [-0.1, -0.05) is 47.1 Å². The topological polar surface area (TPSA) is 78.3 Å². The zero-order valence-electron chi connectivity index (χ0n) is 16.6. The second-order valence-corrected chi connectivity index (χ2v) is 7.87. The number of halogens is 2. The standard InChI is InChI=1S/C20H20Cl2N4O3S/c1-4-26-19(12-6-5-7-13(21)8-12)24-25-20(26)30-11-18(27)23-15-10-16(28-2)14(22)9-17(15)29-3/h5-10H,4,11H2,1-3H3,(H,23,27). The predicted molar refractivity (Wildman–Crippen MR) is 120 cm³/mol. The molecule has 0 aliphatic rings. The van der Waals surface area contributed by atoms with Crippen LogP contribution in [0.3, 0.4) is 0 Å². The van der Waals surface area contributed by atoms with Crippen LogP contribution in [0, 0.1) is 0 Å². The molecule has 0 atom stereocenters. The van der Waals surface area contributed by atoms with Crippen molar-refractivity contribution in [2.24, 2.45) is 0 Å². The summed E-state index contributed by atoms with van der Waals surface area (Å²) in [6, 6.07) is 10.6. The summed E-state index contributed by atoms with van der Waals surface area (Å²) in [4.78, 5) is 12.5. The molecule has 0 unspecified atom stereocenters. The number of anilines is 1. The Kier molecular flexibility index (Phi) is 7.47. The number of methoxy groups -OCH3 is 2. The van der Waals surface area contributed by atoms with Crippen LogP contribution in [-0.4, -0.2) is 40.6 Å². The monoisotopic (exact) mass is 466 g/mol. The molecule has 0 fully saturated rings. The smallest absolute Gasteiger partial charge is 0.234 e. The number of aromatic nitrogens is 3. The third kappa shape index (κ3) is 5.00. The summed E-state index contributed by atoms with van der Waals surface area (Å²) in [7, 11) is 3.01. The normalized spacial score (nSPS) is 10.7. The largest absolute Gasteiger partial charge is 0.495 e. The number of nitrogens with one attached hydrogen (secondary N) is 1. The Bertz CT molecular complexity index is 1060. The number of carbonyl (C=O) groups excluding carboxylic acids is 1. The van der Waals surface area contributed by atoms with E-state index in [9.17, 15) is 4.79 Å². The van der Waals surface area contributed by atoms with E-state index in [2.05, 4.69) is 15.5 Å². The van der Waals surface area contributed by atoms with Gasteiger partial charge >= 0.3 is 0 Å². The van der Waals surface area contributed by atoms with Crippen LogP contribution >= 0.6 is 35.0 Å². The summed E-state index contributed by atoms with van der Waals surface area (Å²) < 4.78 is 12.4. The molecular weight excluding hydrogens is 447 g/mol. The summed E-state index contributed by atoms with van der Waals surface area (Å²) in [5.74, 6) is 1.50. The molecule has 0 bridgehead atoms. The molecule has 0 aliphatic carbocycles. The van der Waals surface area contributed by atoms with E-state index in [0.717, 1.165) is 5.56 Å². The maximum Gasteiger partial charge on any atom is 0.234 e. The second kappa shape index (κ2) is 10.1. The molecular formula is C20H20Cl2N4O3S. The molecule has 3 rings (SSSR count). The summed E-state index contributed by atoms with van der Waals surface area (Å²) in [5, 5.41) is 13.0. The van der Waals surface area contributed by atoms with Gasteiger partial charge in [0.25, 0.3) is 0 Å². The highest BCUT2D eigenvalue weighted by atomic mass is 35.5. The van der Waals surface area contributed by atoms with E-state index in [0.29, 0.717) is 44.8 Å². The Morgan fingerprint density at radius 3 is 2.57 bits per heavy atom. The summed E-state index contributed by atoms with van der Waals surface area (Å²) in [6.45, 7) is 2.65. The van der Waals surface area contributed by atoms with E-state index in [1.54, 1.807) is 18.2 Å². The van der Waals surface area contributed by atoms with Crippen LogP contribution in [0.15, 0.2) is 41.6 Å². The van der Waals surface area contributed by atoms with Gasteiger partial charge in [-0.25, -0.2) is 0 Å². The molecule has 0 saturated heterocycles. The van der Waals surface area contributed by atoms with Gasteiger partial charge in [-0.2, -0.15) is 0 Å². The van der Waals surface area contributed by atoms with Gasteiger partial charge in [0.15, 0.2) is 11.0 Å². The van der Waals surface area contributed by atoms with Gasteiger partial charge in [0.2, 0.25) is 5.91 Å². The highest BCUT2D eigenvalue weighted by Crippen LogP contribution is 2.36. The lowest BCUT2D eigenvalue weighted by Crippen LogP contribution is -2.15. The third-order valence-electron chi connectivity index (χ3n) is 4.20. The molecule has 10 heteroatoms. The fourth-order valence-electron chi connectivity index (χ4n) is 2.80. The molecule has 1 heterocycles. The van der Waals surface area contributed by atoms with Crippen molar-refractivity contribution in [2.75, 3.05) is 25.3 Å². The van der Waals surface area contributed by atoms with Crippen LogP contribution in [0.1, 0.15) is 6.92 Å². The second-order valence-electron chi connectivity index (χ2n) is 6.08. The molecule has 2 aromatic carbocycles. The summed E-state index contributed by atoms with van der Waals surface area (Å²) in [6.07, 6.45) is 0. The van der Waals surface area contributed by atoms with Crippen molar-refractivity contribution < 1.29 is 14.3 Å². The number of hydrogen-bond acceptors (Lipinski definition) is 6. The fourth-order valence-corrected chi connectivity index (χ4v) is 4.02. The number of benzene rings is 2. The van der Waals surface area contributed by atoms with Gasteiger partial charge in [0.1, 0.15) is 11.5 Å². The van der Waals surface area contributed by atoms with E-state index in [4.69, 9.17) is 32.7 Å². The number of rotatable bonds is 8.